The van der Waals surface area contributed by atoms with Crippen molar-refractivity contribution in [1.82, 2.24) is 20.2 Å². The van der Waals surface area contributed by atoms with Crippen molar-refractivity contribution in [3.63, 3.8) is 0 Å². The molecule has 0 bridgehead atoms. The Balaban J connectivity index is 1.40. The average molecular weight is 470 g/mol. The molecule has 1 spiro atoms. The van der Waals surface area contributed by atoms with Gasteiger partial charge in [0.2, 0.25) is 5.91 Å². The van der Waals surface area contributed by atoms with Crippen LogP contribution in [0.1, 0.15) is 31.4 Å². The van der Waals surface area contributed by atoms with Crippen molar-refractivity contribution >= 4 is 29.5 Å². The summed E-state index contributed by atoms with van der Waals surface area (Å²) in [5.74, 6) is -2.91. The first-order valence-corrected chi connectivity index (χ1v) is 10.8. The number of anilines is 1. The quantitative estimate of drug-likeness (QED) is 0.548. The van der Waals surface area contributed by atoms with E-state index in [4.69, 9.17) is 10.1 Å². The van der Waals surface area contributed by atoms with Gasteiger partial charge in [0.25, 0.3) is 5.92 Å². The molecule has 2 aromatic rings. The Bertz CT molecular complexity index is 1140. The standard InChI is InChI=1S/C23H24F2N6O3/c1-27-13-15(12-26)18-11-16(5-9-28-18)34-17-3-4-19(29-14-17)30-21(33)31-10-8-22(20(31)32)6-2-7-23(22,24)25/h3-5,9,11-14,26-27H,2,6-8,10H2,1H3,(H,29,30,33)/b15-13+,26-12?. The highest BCUT2D eigenvalue weighted by molar-refractivity contribution is 6.07. The predicted molar refractivity (Wildman–Crippen MR) is 121 cm³/mol. The molecule has 3 amide bonds. The third kappa shape index (κ3) is 4.20. The van der Waals surface area contributed by atoms with Gasteiger partial charge in [-0.15, -0.1) is 0 Å². The van der Waals surface area contributed by atoms with Gasteiger partial charge in [0.1, 0.15) is 22.7 Å². The van der Waals surface area contributed by atoms with Gasteiger partial charge >= 0.3 is 6.03 Å². The van der Waals surface area contributed by atoms with Crippen LogP contribution >= 0.6 is 0 Å². The zero-order valence-corrected chi connectivity index (χ0v) is 18.5. The van der Waals surface area contributed by atoms with E-state index in [0.29, 0.717) is 22.8 Å². The van der Waals surface area contributed by atoms with Gasteiger partial charge in [-0.3, -0.25) is 20.0 Å². The Morgan fingerprint density at radius 1 is 1.21 bits per heavy atom. The Morgan fingerprint density at radius 3 is 2.68 bits per heavy atom. The topological polar surface area (TPSA) is 120 Å². The number of nitrogens with one attached hydrogen (secondary N) is 3. The largest absolute Gasteiger partial charge is 0.456 e. The van der Waals surface area contributed by atoms with Crippen molar-refractivity contribution < 1.29 is 23.1 Å². The molecule has 1 saturated carbocycles. The second-order valence-corrected chi connectivity index (χ2v) is 8.17. The number of imide groups is 1. The minimum Gasteiger partial charge on any atom is -0.456 e. The minimum atomic E-state index is -3.09. The van der Waals surface area contributed by atoms with Crippen LogP contribution in [0.25, 0.3) is 5.57 Å². The van der Waals surface area contributed by atoms with Gasteiger partial charge in [-0.25, -0.2) is 18.6 Å². The third-order valence-corrected chi connectivity index (χ3v) is 6.15. The molecule has 1 saturated heterocycles. The Kier molecular flexibility index (Phi) is 6.27. The minimum absolute atomic E-state index is 0.0381. The van der Waals surface area contributed by atoms with Crippen LogP contribution in [0.2, 0.25) is 0 Å². The molecule has 0 radical (unpaired) electrons. The number of amides is 3. The number of hydrogen-bond donors (Lipinski definition) is 3. The van der Waals surface area contributed by atoms with Gasteiger partial charge in [-0.2, -0.15) is 0 Å². The van der Waals surface area contributed by atoms with Gasteiger partial charge in [0.05, 0.1) is 11.9 Å². The number of urea groups is 1. The molecule has 0 aromatic carbocycles. The fraction of sp³-hybridized carbons (Fsp3) is 0.348. The molecule has 1 atom stereocenters. The second kappa shape index (κ2) is 9.16. The fourth-order valence-electron chi connectivity index (χ4n) is 4.37. The molecule has 1 unspecified atom stereocenters. The van der Waals surface area contributed by atoms with Crippen LogP contribution in [0.3, 0.4) is 0 Å². The van der Waals surface area contributed by atoms with E-state index in [9.17, 15) is 18.4 Å². The summed E-state index contributed by atoms with van der Waals surface area (Å²) in [6.07, 6.45) is 5.73. The Hall–Kier alpha value is -3.89. The smallest absolute Gasteiger partial charge is 0.329 e. The molecular weight excluding hydrogens is 446 g/mol. The van der Waals surface area contributed by atoms with E-state index in [1.807, 2.05) is 0 Å². The number of carbonyl (C=O) groups is 2. The van der Waals surface area contributed by atoms with Crippen molar-refractivity contribution in [3.05, 3.63) is 48.6 Å². The van der Waals surface area contributed by atoms with E-state index < -0.39 is 23.3 Å². The van der Waals surface area contributed by atoms with Gasteiger partial charge in [-0.05, 0) is 37.5 Å². The number of rotatable bonds is 6. The number of aromatic nitrogens is 2. The lowest BCUT2D eigenvalue weighted by atomic mass is 9.82. The van der Waals surface area contributed by atoms with Crippen LogP contribution in [-0.2, 0) is 4.79 Å². The Labute approximate surface area is 194 Å². The third-order valence-electron chi connectivity index (χ3n) is 6.15. The number of hydrogen-bond acceptors (Lipinski definition) is 7. The molecule has 3 heterocycles. The van der Waals surface area contributed by atoms with Gasteiger partial charge in [0, 0.05) is 50.3 Å². The van der Waals surface area contributed by atoms with E-state index >= 15 is 0 Å². The second-order valence-electron chi connectivity index (χ2n) is 8.17. The summed E-state index contributed by atoms with van der Waals surface area (Å²) < 4.78 is 34.5. The fourth-order valence-corrected chi connectivity index (χ4v) is 4.37. The van der Waals surface area contributed by atoms with Crippen molar-refractivity contribution in [2.75, 3.05) is 18.9 Å². The maximum absolute atomic E-state index is 14.3. The summed E-state index contributed by atoms with van der Waals surface area (Å²) in [5, 5.41) is 12.8. The average Bonchev–Trinajstić information content (AvgIpc) is 3.32. The van der Waals surface area contributed by atoms with Crippen molar-refractivity contribution in [1.29, 1.82) is 5.41 Å². The molecule has 2 fully saturated rings. The first-order valence-electron chi connectivity index (χ1n) is 10.8. The predicted octanol–water partition coefficient (Wildman–Crippen LogP) is 4.05. The molecular formula is C23H24F2N6O3. The molecule has 1 aliphatic heterocycles. The van der Waals surface area contributed by atoms with Crippen molar-refractivity contribution in [2.24, 2.45) is 5.41 Å². The zero-order valence-electron chi connectivity index (χ0n) is 18.5. The molecule has 2 aromatic heterocycles. The first kappa shape index (κ1) is 23.3. The molecule has 1 aliphatic carbocycles. The zero-order chi connectivity index (χ0) is 24.3. The summed E-state index contributed by atoms with van der Waals surface area (Å²) >= 11 is 0. The lowest BCUT2D eigenvalue weighted by Crippen LogP contribution is -2.46. The highest BCUT2D eigenvalue weighted by Crippen LogP contribution is 2.56. The molecule has 9 nitrogen and oxygen atoms in total. The van der Waals surface area contributed by atoms with E-state index in [2.05, 4.69) is 20.6 Å². The molecule has 4 rings (SSSR count). The van der Waals surface area contributed by atoms with E-state index in [-0.39, 0.29) is 38.0 Å². The number of nitrogens with zero attached hydrogens (tertiary/aromatic N) is 3. The highest BCUT2D eigenvalue weighted by Gasteiger charge is 2.65. The van der Waals surface area contributed by atoms with Gasteiger partial charge in [-0.1, -0.05) is 0 Å². The molecule has 11 heteroatoms. The number of ether oxygens (including phenoxy) is 1. The summed E-state index contributed by atoms with van der Waals surface area (Å²) in [4.78, 5) is 34.4. The van der Waals surface area contributed by atoms with Gasteiger partial charge < -0.3 is 15.5 Å². The van der Waals surface area contributed by atoms with Crippen LogP contribution in [0, 0.1) is 10.8 Å². The monoisotopic (exact) mass is 470 g/mol. The summed E-state index contributed by atoms with van der Waals surface area (Å²) in [6, 6.07) is 5.59. The number of allylic oxidation sites excluding steroid dienone is 1. The van der Waals surface area contributed by atoms with Crippen molar-refractivity contribution in [2.45, 2.75) is 31.6 Å². The Morgan fingerprint density at radius 2 is 2.03 bits per heavy atom. The van der Waals surface area contributed by atoms with E-state index in [1.165, 1.54) is 18.5 Å². The van der Waals surface area contributed by atoms with Crippen LogP contribution in [0.5, 0.6) is 11.5 Å². The number of pyridine rings is 2. The maximum atomic E-state index is 14.3. The highest BCUT2D eigenvalue weighted by atomic mass is 19.3. The molecule has 2 aliphatic rings. The number of carbonyl (C=O) groups excluding carboxylic acids is 2. The lowest BCUT2D eigenvalue weighted by molar-refractivity contribution is -0.153. The van der Waals surface area contributed by atoms with Crippen LogP contribution in [0.15, 0.2) is 42.9 Å². The summed E-state index contributed by atoms with van der Waals surface area (Å²) in [5.41, 5.74) is -0.656. The SMILES string of the molecule is CN/C=C(\C=N)c1cc(Oc2ccc(NC(=O)N3CCC4(CCCC4(F)F)C3=O)nc2)ccn1. The maximum Gasteiger partial charge on any atom is 0.329 e. The van der Waals surface area contributed by atoms with Crippen LogP contribution < -0.4 is 15.4 Å². The van der Waals surface area contributed by atoms with E-state index in [0.717, 1.165) is 4.90 Å². The van der Waals surface area contributed by atoms with Crippen molar-refractivity contribution in [3.8, 4) is 11.5 Å². The van der Waals surface area contributed by atoms with Crippen LogP contribution in [-0.4, -0.2) is 52.5 Å². The first-order chi connectivity index (χ1) is 16.3. The summed E-state index contributed by atoms with van der Waals surface area (Å²) in [6.45, 7) is -0.0500. The molecule has 34 heavy (non-hydrogen) atoms. The molecule has 3 N–H and O–H groups in total. The normalized spacial score (nSPS) is 21.6. The number of halogens is 2. The lowest BCUT2D eigenvalue weighted by Gasteiger charge is -2.28. The molecule has 178 valence electrons. The number of alkyl halides is 2. The number of likely N-dealkylation sites (tertiary alicyclic amines) is 1. The van der Waals surface area contributed by atoms with Gasteiger partial charge in [0.15, 0.2) is 0 Å². The summed E-state index contributed by atoms with van der Waals surface area (Å²) in [7, 11) is 1.72. The van der Waals surface area contributed by atoms with E-state index in [1.54, 1.807) is 37.6 Å². The van der Waals surface area contributed by atoms with Crippen LogP contribution in [0.4, 0.5) is 19.4 Å².